The molecule has 4 aliphatic carbocycles. The monoisotopic (exact) mass is 414 g/mol. The van der Waals surface area contributed by atoms with Crippen LogP contribution in [0.15, 0.2) is 11.6 Å². The minimum absolute atomic E-state index is 0.108. The average molecular weight is 415 g/mol. The zero-order valence-corrected chi connectivity index (χ0v) is 20.3. The van der Waals surface area contributed by atoms with Crippen LogP contribution in [-0.4, -0.2) is 17.0 Å². The van der Waals surface area contributed by atoms with Crippen molar-refractivity contribution in [2.75, 3.05) is 0 Å². The van der Waals surface area contributed by atoms with Crippen LogP contribution >= 0.6 is 0 Å². The van der Waals surface area contributed by atoms with Crippen LogP contribution in [0.3, 0.4) is 0 Å². The number of aliphatic hydroxyl groups excluding tert-OH is 1. The first kappa shape index (κ1) is 22.6. The lowest BCUT2D eigenvalue weighted by Crippen LogP contribution is -2.54. The standard InChI is InChI=1S/C28H46O2/c1-18(2)26(30)12-9-19(3)23-7-6-8-24-22-11-10-20-17-21(29)13-15-27(20,4)25(22)14-16-28(23,24)5/h10,18-19,21-25,29H,6-9,11-17H2,1-5H3/t19-,21?,22?,23?,24?,25?,27?,28?/m1/s1. The van der Waals surface area contributed by atoms with Crippen molar-refractivity contribution in [3.05, 3.63) is 11.6 Å². The predicted octanol–water partition coefficient (Wildman–Crippen LogP) is 6.96. The first-order chi connectivity index (χ1) is 14.2. The molecule has 7 unspecified atom stereocenters. The zero-order valence-electron chi connectivity index (χ0n) is 20.3. The van der Waals surface area contributed by atoms with Crippen LogP contribution in [0.1, 0.15) is 105 Å². The third-order valence-corrected chi connectivity index (χ3v) is 10.6. The van der Waals surface area contributed by atoms with E-state index in [2.05, 4.69) is 26.8 Å². The molecular formula is C28H46O2. The van der Waals surface area contributed by atoms with Crippen molar-refractivity contribution in [1.82, 2.24) is 0 Å². The van der Waals surface area contributed by atoms with E-state index in [1.807, 2.05) is 13.8 Å². The number of allylic oxidation sites excluding steroid dienone is 1. The van der Waals surface area contributed by atoms with Crippen molar-refractivity contribution in [3.8, 4) is 0 Å². The first-order valence-corrected chi connectivity index (χ1v) is 13.1. The van der Waals surface area contributed by atoms with E-state index in [1.54, 1.807) is 5.57 Å². The van der Waals surface area contributed by atoms with Crippen LogP contribution in [0.4, 0.5) is 0 Å². The molecule has 170 valence electrons. The van der Waals surface area contributed by atoms with Gasteiger partial charge in [0.1, 0.15) is 5.78 Å². The molecule has 0 aromatic carbocycles. The molecule has 0 saturated heterocycles. The van der Waals surface area contributed by atoms with Gasteiger partial charge in [-0.15, -0.1) is 0 Å². The summed E-state index contributed by atoms with van der Waals surface area (Å²) in [6.45, 7) is 11.7. The number of aliphatic hydroxyl groups is 1. The fourth-order valence-corrected chi connectivity index (χ4v) is 8.68. The molecule has 0 bridgehead atoms. The van der Waals surface area contributed by atoms with Crippen LogP contribution in [0.2, 0.25) is 0 Å². The van der Waals surface area contributed by atoms with E-state index < -0.39 is 0 Å². The predicted molar refractivity (Wildman–Crippen MR) is 124 cm³/mol. The SMILES string of the molecule is CC(C)C(=O)CC[C@@H](C)C1CCCC2C3CC=C4CC(O)CCC4(C)C3CCC21C. The van der Waals surface area contributed by atoms with Crippen molar-refractivity contribution in [1.29, 1.82) is 0 Å². The molecule has 2 heteroatoms. The quantitative estimate of drug-likeness (QED) is 0.494. The van der Waals surface area contributed by atoms with Gasteiger partial charge >= 0.3 is 0 Å². The minimum Gasteiger partial charge on any atom is -0.393 e. The molecule has 4 aliphatic rings. The number of hydrogen-bond acceptors (Lipinski definition) is 2. The molecule has 0 aliphatic heterocycles. The minimum atomic E-state index is -0.108. The Hall–Kier alpha value is -0.630. The maximum absolute atomic E-state index is 12.2. The highest BCUT2D eigenvalue weighted by atomic mass is 16.3. The lowest BCUT2D eigenvalue weighted by Gasteiger charge is -2.62. The summed E-state index contributed by atoms with van der Waals surface area (Å²) in [5.41, 5.74) is 2.38. The third kappa shape index (κ3) is 3.74. The molecule has 3 saturated carbocycles. The third-order valence-electron chi connectivity index (χ3n) is 10.6. The molecule has 0 amide bonds. The Morgan fingerprint density at radius 1 is 1.10 bits per heavy atom. The molecule has 2 nitrogen and oxygen atoms in total. The number of fused-ring (bicyclic) bond motifs is 5. The van der Waals surface area contributed by atoms with Gasteiger partial charge in [0.05, 0.1) is 6.10 Å². The highest BCUT2D eigenvalue weighted by Gasteiger charge is 2.57. The van der Waals surface area contributed by atoms with Gasteiger partial charge in [-0.3, -0.25) is 4.79 Å². The summed E-state index contributed by atoms with van der Waals surface area (Å²) in [6.07, 6.45) is 15.5. The maximum atomic E-state index is 12.2. The van der Waals surface area contributed by atoms with Crippen LogP contribution in [0, 0.1) is 46.3 Å². The second-order valence-corrected chi connectivity index (χ2v) is 12.4. The van der Waals surface area contributed by atoms with Gasteiger partial charge in [-0.25, -0.2) is 0 Å². The van der Waals surface area contributed by atoms with Crippen molar-refractivity contribution in [3.63, 3.8) is 0 Å². The first-order valence-electron chi connectivity index (χ1n) is 13.1. The van der Waals surface area contributed by atoms with Crippen LogP contribution < -0.4 is 0 Å². The molecule has 0 radical (unpaired) electrons. The number of hydrogen-bond donors (Lipinski definition) is 1. The summed E-state index contributed by atoms with van der Waals surface area (Å²) < 4.78 is 0. The van der Waals surface area contributed by atoms with Crippen LogP contribution in [-0.2, 0) is 4.79 Å². The van der Waals surface area contributed by atoms with E-state index in [0.717, 1.165) is 49.4 Å². The summed E-state index contributed by atoms with van der Waals surface area (Å²) in [7, 11) is 0. The Morgan fingerprint density at radius 2 is 1.87 bits per heavy atom. The second-order valence-electron chi connectivity index (χ2n) is 12.4. The highest BCUT2D eigenvalue weighted by molar-refractivity contribution is 5.80. The Labute approximate surface area is 185 Å². The van der Waals surface area contributed by atoms with Crippen molar-refractivity contribution < 1.29 is 9.90 Å². The van der Waals surface area contributed by atoms with Gasteiger partial charge in [-0.2, -0.15) is 0 Å². The Morgan fingerprint density at radius 3 is 2.60 bits per heavy atom. The zero-order chi connectivity index (χ0) is 21.7. The van der Waals surface area contributed by atoms with E-state index in [1.165, 1.54) is 44.9 Å². The molecular weight excluding hydrogens is 368 g/mol. The van der Waals surface area contributed by atoms with E-state index in [4.69, 9.17) is 0 Å². The molecule has 4 rings (SSSR count). The second kappa shape index (κ2) is 8.38. The summed E-state index contributed by atoms with van der Waals surface area (Å²) in [4.78, 5) is 12.2. The van der Waals surface area contributed by atoms with Crippen molar-refractivity contribution in [2.24, 2.45) is 46.3 Å². The lowest BCUT2D eigenvalue weighted by atomic mass is 9.42. The maximum Gasteiger partial charge on any atom is 0.135 e. The summed E-state index contributed by atoms with van der Waals surface area (Å²) in [6, 6.07) is 0. The number of ketones is 1. The fourth-order valence-electron chi connectivity index (χ4n) is 8.68. The topological polar surface area (TPSA) is 37.3 Å². The summed E-state index contributed by atoms with van der Waals surface area (Å²) in [5, 5.41) is 10.2. The fraction of sp³-hybridized carbons (Fsp3) is 0.893. The van der Waals surface area contributed by atoms with Gasteiger partial charge < -0.3 is 5.11 Å². The average Bonchev–Trinajstić information content (AvgIpc) is 2.71. The molecule has 1 N–H and O–H groups in total. The van der Waals surface area contributed by atoms with Gasteiger partial charge in [0.2, 0.25) is 0 Å². The Kier molecular flexibility index (Phi) is 6.30. The van der Waals surface area contributed by atoms with E-state index in [-0.39, 0.29) is 12.0 Å². The molecule has 30 heavy (non-hydrogen) atoms. The van der Waals surface area contributed by atoms with Gasteiger partial charge in [-0.1, -0.05) is 52.7 Å². The highest BCUT2D eigenvalue weighted by Crippen LogP contribution is 2.66. The van der Waals surface area contributed by atoms with Gasteiger partial charge in [0.25, 0.3) is 0 Å². The lowest BCUT2D eigenvalue weighted by molar-refractivity contribution is -0.123. The largest absolute Gasteiger partial charge is 0.393 e. The van der Waals surface area contributed by atoms with Crippen molar-refractivity contribution >= 4 is 5.78 Å². The summed E-state index contributed by atoms with van der Waals surface area (Å²) in [5.74, 6) is 4.57. The van der Waals surface area contributed by atoms with Gasteiger partial charge in [0, 0.05) is 12.3 Å². The molecule has 0 aromatic rings. The molecule has 3 fully saturated rings. The van der Waals surface area contributed by atoms with Crippen LogP contribution in [0.25, 0.3) is 0 Å². The number of carbonyl (C=O) groups is 1. The van der Waals surface area contributed by atoms with Crippen LogP contribution in [0.5, 0.6) is 0 Å². The number of carbonyl (C=O) groups excluding carboxylic acids is 1. The molecule has 0 spiro atoms. The Balaban J connectivity index is 1.52. The number of Topliss-reactive ketones (excluding diaryl/α,β-unsaturated/α-hetero) is 1. The van der Waals surface area contributed by atoms with Gasteiger partial charge in [-0.05, 0) is 98.2 Å². The summed E-state index contributed by atoms with van der Waals surface area (Å²) >= 11 is 0. The molecule has 0 aromatic heterocycles. The van der Waals surface area contributed by atoms with E-state index in [0.29, 0.717) is 22.5 Å². The van der Waals surface area contributed by atoms with E-state index in [9.17, 15) is 9.90 Å². The number of rotatable bonds is 5. The van der Waals surface area contributed by atoms with Gasteiger partial charge in [0.15, 0.2) is 0 Å². The normalized spacial score (nSPS) is 44.5. The molecule has 0 heterocycles. The Bertz CT molecular complexity index is 678. The smallest absolute Gasteiger partial charge is 0.135 e. The van der Waals surface area contributed by atoms with E-state index >= 15 is 0 Å². The molecule has 8 atom stereocenters. The van der Waals surface area contributed by atoms with Crippen molar-refractivity contribution in [2.45, 2.75) is 111 Å².